The van der Waals surface area contributed by atoms with Crippen LogP contribution in [-0.2, 0) is 16.1 Å². The van der Waals surface area contributed by atoms with E-state index < -0.39 is 5.91 Å². The van der Waals surface area contributed by atoms with Gasteiger partial charge >= 0.3 is 0 Å². The summed E-state index contributed by atoms with van der Waals surface area (Å²) in [6.45, 7) is 0.0399. The SMILES string of the molecule is NC(=O)CNC(=O)c1ccc(CNC(=O)COc2ccc(C3SCCCS3)cc2)cc1. The van der Waals surface area contributed by atoms with E-state index in [9.17, 15) is 14.4 Å². The van der Waals surface area contributed by atoms with E-state index >= 15 is 0 Å². The van der Waals surface area contributed by atoms with Gasteiger partial charge in [0.2, 0.25) is 5.91 Å². The Bertz CT molecular complexity index is 898. The maximum absolute atomic E-state index is 12.1. The van der Waals surface area contributed by atoms with Gasteiger partial charge in [0.15, 0.2) is 6.61 Å². The zero-order chi connectivity index (χ0) is 22.1. The van der Waals surface area contributed by atoms with Gasteiger partial charge < -0.3 is 21.1 Å². The molecule has 0 atom stereocenters. The van der Waals surface area contributed by atoms with Crippen molar-refractivity contribution >= 4 is 41.2 Å². The highest BCUT2D eigenvalue weighted by Gasteiger charge is 2.16. The summed E-state index contributed by atoms with van der Waals surface area (Å²) in [7, 11) is 0. The largest absolute Gasteiger partial charge is 0.484 e. The Morgan fingerprint density at radius 2 is 1.65 bits per heavy atom. The number of ether oxygens (including phenoxy) is 1. The molecule has 164 valence electrons. The van der Waals surface area contributed by atoms with Gasteiger partial charge in [-0.05, 0) is 53.3 Å². The van der Waals surface area contributed by atoms with E-state index in [1.807, 2.05) is 35.7 Å². The number of benzene rings is 2. The van der Waals surface area contributed by atoms with Crippen LogP contribution in [0.4, 0.5) is 0 Å². The number of rotatable bonds is 9. The second-order valence-electron chi connectivity index (χ2n) is 6.91. The van der Waals surface area contributed by atoms with Crippen molar-refractivity contribution in [3.05, 3.63) is 65.2 Å². The lowest BCUT2D eigenvalue weighted by atomic mass is 10.1. The highest BCUT2D eigenvalue weighted by molar-refractivity contribution is 8.16. The minimum Gasteiger partial charge on any atom is -0.484 e. The van der Waals surface area contributed by atoms with E-state index in [1.54, 1.807) is 24.3 Å². The third-order valence-electron chi connectivity index (χ3n) is 4.48. The molecule has 2 aromatic carbocycles. The Morgan fingerprint density at radius 1 is 0.968 bits per heavy atom. The van der Waals surface area contributed by atoms with Crippen molar-refractivity contribution in [2.24, 2.45) is 5.73 Å². The molecule has 2 aromatic rings. The summed E-state index contributed by atoms with van der Waals surface area (Å²) < 4.78 is 6.06. The third-order valence-corrected chi connectivity index (χ3v) is 7.49. The first kappa shape index (κ1) is 23.0. The molecule has 1 aliphatic heterocycles. The smallest absolute Gasteiger partial charge is 0.258 e. The predicted octanol–water partition coefficient (Wildman–Crippen LogP) is 2.47. The second-order valence-corrected chi connectivity index (χ2v) is 9.63. The zero-order valence-corrected chi connectivity index (χ0v) is 18.6. The van der Waals surface area contributed by atoms with Crippen LogP contribution in [-0.4, -0.2) is 42.4 Å². The molecule has 1 heterocycles. The van der Waals surface area contributed by atoms with E-state index in [1.165, 1.54) is 23.5 Å². The summed E-state index contributed by atoms with van der Waals surface area (Å²) in [5.41, 5.74) is 7.53. The van der Waals surface area contributed by atoms with Gasteiger partial charge in [-0.3, -0.25) is 14.4 Å². The minimum absolute atomic E-state index is 0.0696. The summed E-state index contributed by atoms with van der Waals surface area (Å²) in [5, 5.41) is 5.21. The number of nitrogens with one attached hydrogen (secondary N) is 2. The molecule has 0 bridgehead atoms. The molecule has 7 nitrogen and oxygen atoms in total. The van der Waals surface area contributed by atoms with Gasteiger partial charge in [0.25, 0.3) is 11.8 Å². The quantitative estimate of drug-likeness (QED) is 0.531. The minimum atomic E-state index is -0.604. The molecule has 0 aliphatic carbocycles. The highest BCUT2D eigenvalue weighted by Crippen LogP contribution is 2.43. The van der Waals surface area contributed by atoms with Crippen LogP contribution in [0.1, 0.15) is 32.5 Å². The normalized spacial score (nSPS) is 13.9. The second kappa shape index (κ2) is 11.7. The Balaban J connectivity index is 1.40. The number of thioether (sulfide) groups is 2. The van der Waals surface area contributed by atoms with Gasteiger partial charge in [-0.1, -0.05) is 24.3 Å². The first-order valence-corrected chi connectivity index (χ1v) is 12.0. The highest BCUT2D eigenvalue weighted by atomic mass is 32.2. The van der Waals surface area contributed by atoms with Crippen molar-refractivity contribution in [1.29, 1.82) is 0 Å². The Kier molecular flexibility index (Phi) is 8.66. The van der Waals surface area contributed by atoms with Crippen molar-refractivity contribution in [3.63, 3.8) is 0 Å². The maximum atomic E-state index is 12.1. The van der Waals surface area contributed by atoms with Crippen LogP contribution in [0.25, 0.3) is 0 Å². The van der Waals surface area contributed by atoms with Gasteiger partial charge in [0.1, 0.15) is 5.75 Å². The molecule has 0 saturated carbocycles. The molecule has 0 spiro atoms. The number of primary amides is 1. The molecule has 1 fully saturated rings. The summed E-state index contributed by atoms with van der Waals surface area (Å²) in [6.07, 6.45) is 1.26. The lowest BCUT2D eigenvalue weighted by Crippen LogP contribution is -2.33. The molecule has 0 radical (unpaired) electrons. The number of carbonyl (C=O) groups is 3. The van der Waals surface area contributed by atoms with Crippen molar-refractivity contribution < 1.29 is 19.1 Å². The summed E-state index contributed by atoms with van der Waals surface area (Å²) in [5.74, 6) is 1.84. The zero-order valence-electron chi connectivity index (χ0n) is 17.0. The number of hydrogen-bond donors (Lipinski definition) is 3. The Hall–Kier alpha value is -2.65. The van der Waals surface area contributed by atoms with Gasteiger partial charge in [-0.15, -0.1) is 23.5 Å². The fourth-order valence-electron chi connectivity index (χ4n) is 2.85. The molecule has 0 aromatic heterocycles. The Morgan fingerprint density at radius 3 is 2.29 bits per heavy atom. The van der Waals surface area contributed by atoms with E-state index in [0.717, 1.165) is 5.56 Å². The van der Waals surface area contributed by atoms with Gasteiger partial charge in [-0.25, -0.2) is 0 Å². The molecule has 1 aliphatic rings. The van der Waals surface area contributed by atoms with Crippen LogP contribution in [0.15, 0.2) is 48.5 Å². The molecule has 9 heteroatoms. The van der Waals surface area contributed by atoms with Gasteiger partial charge in [0, 0.05) is 12.1 Å². The van der Waals surface area contributed by atoms with E-state index in [4.69, 9.17) is 10.5 Å². The van der Waals surface area contributed by atoms with Crippen LogP contribution >= 0.6 is 23.5 Å². The Labute approximate surface area is 189 Å². The summed E-state index contributed by atoms with van der Waals surface area (Å²) >= 11 is 3.94. The molecule has 4 N–H and O–H groups in total. The standard InChI is InChI=1S/C22H25N3O4S2/c23-19(26)13-25-21(28)16-4-2-15(3-5-16)12-24-20(27)14-29-18-8-6-17(7-9-18)22-30-10-1-11-31-22/h2-9,22H,1,10-14H2,(H2,23,26)(H,24,27)(H,25,28). The average Bonchev–Trinajstić information content (AvgIpc) is 2.81. The fourth-order valence-corrected chi connectivity index (χ4v) is 5.74. The molecule has 1 saturated heterocycles. The molecular formula is C22H25N3O4S2. The van der Waals surface area contributed by atoms with Crippen LogP contribution in [0.3, 0.4) is 0 Å². The first-order valence-electron chi connectivity index (χ1n) is 9.89. The van der Waals surface area contributed by atoms with Crippen molar-refractivity contribution in [2.75, 3.05) is 24.7 Å². The van der Waals surface area contributed by atoms with E-state index in [2.05, 4.69) is 22.8 Å². The maximum Gasteiger partial charge on any atom is 0.258 e. The van der Waals surface area contributed by atoms with Crippen molar-refractivity contribution in [3.8, 4) is 5.75 Å². The average molecular weight is 460 g/mol. The molecule has 3 amide bonds. The third kappa shape index (κ3) is 7.52. The van der Waals surface area contributed by atoms with Gasteiger partial charge in [0.05, 0.1) is 11.1 Å². The number of nitrogens with two attached hydrogens (primary N) is 1. The van der Waals surface area contributed by atoms with E-state index in [0.29, 0.717) is 22.4 Å². The van der Waals surface area contributed by atoms with Gasteiger partial charge in [-0.2, -0.15) is 0 Å². The monoisotopic (exact) mass is 459 g/mol. The van der Waals surface area contributed by atoms with Crippen LogP contribution in [0.2, 0.25) is 0 Å². The number of carbonyl (C=O) groups excluding carboxylic acids is 3. The number of amides is 3. The predicted molar refractivity (Wildman–Crippen MR) is 124 cm³/mol. The molecular weight excluding hydrogens is 434 g/mol. The first-order chi connectivity index (χ1) is 15.0. The lowest BCUT2D eigenvalue weighted by Gasteiger charge is -2.21. The molecule has 0 unspecified atom stereocenters. The van der Waals surface area contributed by atoms with Crippen molar-refractivity contribution in [2.45, 2.75) is 17.5 Å². The van der Waals surface area contributed by atoms with Crippen LogP contribution in [0.5, 0.6) is 5.75 Å². The topological polar surface area (TPSA) is 111 Å². The number of hydrogen-bond acceptors (Lipinski definition) is 6. The molecule has 31 heavy (non-hydrogen) atoms. The van der Waals surface area contributed by atoms with Crippen molar-refractivity contribution in [1.82, 2.24) is 10.6 Å². The molecule has 3 rings (SSSR count). The summed E-state index contributed by atoms with van der Waals surface area (Å²) in [6, 6.07) is 14.6. The van der Waals surface area contributed by atoms with E-state index in [-0.39, 0.29) is 25.0 Å². The lowest BCUT2D eigenvalue weighted by molar-refractivity contribution is -0.123. The summed E-state index contributed by atoms with van der Waals surface area (Å²) in [4.78, 5) is 34.6. The fraction of sp³-hybridized carbons (Fsp3) is 0.318. The van der Waals surface area contributed by atoms with Crippen LogP contribution < -0.4 is 21.1 Å². The van der Waals surface area contributed by atoms with Crippen LogP contribution in [0, 0.1) is 0 Å².